The van der Waals surface area contributed by atoms with Gasteiger partial charge in [0.05, 0.1) is 42.3 Å². The molecule has 0 saturated carbocycles. The van der Waals surface area contributed by atoms with Crippen molar-refractivity contribution < 1.29 is 13.2 Å². The number of ether oxygens (including phenoxy) is 1. The van der Waals surface area contributed by atoms with Gasteiger partial charge in [0.25, 0.3) is 0 Å². The van der Waals surface area contributed by atoms with Crippen molar-refractivity contribution in [2.45, 2.75) is 24.8 Å². The number of benzene rings is 2. The van der Waals surface area contributed by atoms with Crippen LogP contribution in [0.4, 0.5) is 5.69 Å². The van der Waals surface area contributed by atoms with Crippen molar-refractivity contribution >= 4 is 32.5 Å². The zero-order valence-corrected chi connectivity index (χ0v) is 17.6. The van der Waals surface area contributed by atoms with Gasteiger partial charge in [-0.2, -0.15) is 5.26 Å². The largest absolute Gasteiger partial charge is 0.494 e. The van der Waals surface area contributed by atoms with E-state index in [4.69, 9.17) is 9.73 Å². The molecule has 0 aliphatic carbocycles. The van der Waals surface area contributed by atoms with Crippen molar-refractivity contribution in [3.8, 4) is 11.8 Å². The van der Waals surface area contributed by atoms with Crippen LogP contribution in [-0.2, 0) is 16.4 Å². The maximum atomic E-state index is 11.9. The topological polar surface area (TPSA) is 82.8 Å². The summed E-state index contributed by atoms with van der Waals surface area (Å²) in [5.74, 6) is 1.07. The molecular weight excluding hydrogens is 406 g/mol. The molecule has 2 aromatic rings. The lowest BCUT2D eigenvalue weighted by molar-refractivity contribution is 0.340. The van der Waals surface area contributed by atoms with Gasteiger partial charge in [0.15, 0.2) is 15.0 Å². The van der Waals surface area contributed by atoms with Gasteiger partial charge in [-0.05, 0) is 42.8 Å². The number of nitriles is 1. The Kier molecular flexibility index (Phi) is 5.52. The molecule has 6 nitrogen and oxygen atoms in total. The van der Waals surface area contributed by atoms with Gasteiger partial charge in [-0.1, -0.05) is 30.0 Å². The van der Waals surface area contributed by atoms with Gasteiger partial charge in [0.2, 0.25) is 0 Å². The second-order valence-electron chi connectivity index (χ2n) is 6.99. The number of amidine groups is 1. The zero-order chi connectivity index (χ0) is 20.4. The first-order valence-electron chi connectivity index (χ1n) is 9.42. The molecule has 1 saturated heterocycles. The molecule has 0 spiro atoms. The number of sulfone groups is 1. The lowest BCUT2D eigenvalue weighted by Gasteiger charge is -2.25. The van der Waals surface area contributed by atoms with E-state index < -0.39 is 9.84 Å². The van der Waals surface area contributed by atoms with E-state index >= 15 is 0 Å². The summed E-state index contributed by atoms with van der Waals surface area (Å²) < 4.78 is 29.4. The first kappa shape index (κ1) is 19.8. The van der Waals surface area contributed by atoms with E-state index in [2.05, 4.69) is 11.0 Å². The molecule has 2 aliphatic rings. The molecule has 0 aromatic heterocycles. The molecule has 0 bridgehead atoms. The highest BCUT2D eigenvalue weighted by atomic mass is 32.2. The normalized spacial score (nSPS) is 21.9. The monoisotopic (exact) mass is 427 g/mol. The van der Waals surface area contributed by atoms with Crippen LogP contribution < -0.4 is 9.64 Å². The maximum Gasteiger partial charge on any atom is 0.164 e. The van der Waals surface area contributed by atoms with Gasteiger partial charge in [-0.15, -0.1) is 0 Å². The van der Waals surface area contributed by atoms with Gasteiger partial charge in [-0.3, -0.25) is 4.99 Å². The van der Waals surface area contributed by atoms with E-state index in [-0.39, 0.29) is 22.8 Å². The minimum atomic E-state index is -3.01. The molecule has 2 heterocycles. The number of fused-ring (bicyclic) bond motifs is 1. The lowest BCUT2D eigenvalue weighted by Crippen LogP contribution is -2.28. The van der Waals surface area contributed by atoms with Crippen LogP contribution in [0.2, 0.25) is 0 Å². The predicted octanol–water partition coefficient (Wildman–Crippen LogP) is 3.23. The SMILES string of the molecule is CCOc1ccc(N(Cc2ccccc2C#N)C2=N[C@H]3CS(=O)(=O)C[C@H]3S2)cc1. The molecule has 0 radical (unpaired) electrons. The van der Waals surface area contributed by atoms with Crippen LogP contribution in [0.25, 0.3) is 0 Å². The fourth-order valence-corrected chi connectivity index (χ4v) is 7.35. The average Bonchev–Trinajstić information content (AvgIpc) is 3.20. The quantitative estimate of drug-likeness (QED) is 0.729. The summed E-state index contributed by atoms with van der Waals surface area (Å²) in [4.78, 5) is 6.80. The molecule has 150 valence electrons. The maximum absolute atomic E-state index is 11.9. The van der Waals surface area contributed by atoms with E-state index in [1.807, 2.05) is 49.4 Å². The second-order valence-corrected chi connectivity index (χ2v) is 10.4. The second kappa shape index (κ2) is 8.09. The summed E-state index contributed by atoms with van der Waals surface area (Å²) in [5, 5.41) is 10.2. The molecule has 29 heavy (non-hydrogen) atoms. The fourth-order valence-electron chi connectivity index (χ4n) is 3.57. The van der Waals surface area contributed by atoms with Crippen LogP contribution in [0.3, 0.4) is 0 Å². The van der Waals surface area contributed by atoms with Crippen molar-refractivity contribution in [1.29, 1.82) is 5.26 Å². The van der Waals surface area contributed by atoms with Gasteiger partial charge >= 0.3 is 0 Å². The number of rotatable bonds is 5. The standard InChI is InChI=1S/C21H21N3O3S2/c1-2-27-18-9-7-17(8-10-18)24(12-16-6-4-3-5-15(16)11-22)21-23-19-13-29(25,26)14-20(19)28-21/h3-10,19-20H,2,12-14H2,1H3/t19-,20+/m0/s1. The molecule has 0 N–H and O–H groups in total. The molecule has 0 amide bonds. The first-order valence-corrected chi connectivity index (χ1v) is 12.1. The number of hydrogen-bond acceptors (Lipinski definition) is 7. The van der Waals surface area contributed by atoms with E-state index in [9.17, 15) is 13.7 Å². The highest BCUT2D eigenvalue weighted by Crippen LogP contribution is 2.37. The zero-order valence-electron chi connectivity index (χ0n) is 16.0. The Morgan fingerprint density at radius 1 is 1.21 bits per heavy atom. The number of aliphatic imine (C=N–C) groups is 1. The van der Waals surface area contributed by atoms with Crippen LogP contribution in [0.1, 0.15) is 18.1 Å². The highest BCUT2D eigenvalue weighted by molar-refractivity contribution is 8.15. The number of anilines is 1. The Balaban J connectivity index is 1.67. The van der Waals surface area contributed by atoms with Crippen LogP contribution in [0, 0.1) is 11.3 Å². The Hall–Kier alpha value is -2.50. The van der Waals surface area contributed by atoms with Crippen molar-refractivity contribution in [3.63, 3.8) is 0 Å². The fraction of sp³-hybridized carbons (Fsp3) is 0.333. The molecule has 4 rings (SSSR count). The van der Waals surface area contributed by atoms with E-state index in [1.54, 1.807) is 6.07 Å². The molecule has 0 unspecified atom stereocenters. The van der Waals surface area contributed by atoms with E-state index in [1.165, 1.54) is 11.8 Å². The van der Waals surface area contributed by atoms with Gasteiger partial charge in [-0.25, -0.2) is 8.42 Å². The summed E-state index contributed by atoms with van der Waals surface area (Å²) in [6.45, 7) is 3.02. The average molecular weight is 428 g/mol. The molecule has 2 aromatic carbocycles. The Labute approximate surface area is 175 Å². The molecule has 1 fully saturated rings. The van der Waals surface area contributed by atoms with Crippen molar-refractivity contribution in [1.82, 2.24) is 0 Å². The van der Waals surface area contributed by atoms with E-state index in [0.29, 0.717) is 18.7 Å². The van der Waals surface area contributed by atoms with Crippen LogP contribution in [0.5, 0.6) is 5.75 Å². The molecule has 2 aliphatic heterocycles. The smallest absolute Gasteiger partial charge is 0.164 e. The summed E-state index contributed by atoms with van der Waals surface area (Å²) in [6, 6.07) is 17.3. The third kappa shape index (κ3) is 4.26. The first-order chi connectivity index (χ1) is 14.0. The summed E-state index contributed by atoms with van der Waals surface area (Å²) in [6.07, 6.45) is 0. The molecule has 8 heteroatoms. The summed E-state index contributed by atoms with van der Waals surface area (Å²) >= 11 is 1.52. The highest BCUT2D eigenvalue weighted by Gasteiger charge is 2.44. The minimum Gasteiger partial charge on any atom is -0.494 e. The molecular formula is C21H21N3O3S2. The minimum absolute atomic E-state index is 0.0357. The predicted molar refractivity (Wildman–Crippen MR) is 116 cm³/mol. The van der Waals surface area contributed by atoms with Gasteiger partial charge in [0.1, 0.15) is 5.75 Å². The third-order valence-corrected chi connectivity index (χ3v) is 8.21. The Bertz CT molecular complexity index is 1080. The van der Waals surface area contributed by atoms with Crippen molar-refractivity contribution in [2.75, 3.05) is 23.0 Å². The third-order valence-electron chi connectivity index (χ3n) is 4.96. The molecule has 2 atom stereocenters. The Morgan fingerprint density at radius 2 is 1.97 bits per heavy atom. The van der Waals surface area contributed by atoms with Gasteiger partial charge < -0.3 is 9.64 Å². The number of hydrogen-bond donors (Lipinski definition) is 0. The van der Waals surface area contributed by atoms with Crippen LogP contribution >= 0.6 is 11.8 Å². The van der Waals surface area contributed by atoms with Crippen LogP contribution in [0.15, 0.2) is 53.5 Å². The lowest BCUT2D eigenvalue weighted by atomic mass is 10.1. The van der Waals surface area contributed by atoms with Gasteiger partial charge in [0, 0.05) is 10.9 Å². The number of nitrogens with zero attached hydrogens (tertiary/aromatic N) is 3. The number of thioether (sulfide) groups is 1. The summed E-state index contributed by atoms with van der Waals surface area (Å²) in [7, 11) is -3.01. The summed E-state index contributed by atoms with van der Waals surface area (Å²) in [5.41, 5.74) is 2.45. The van der Waals surface area contributed by atoms with Crippen molar-refractivity contribution in [2.24, 2.45) is 4.99 Å². The van der Waals surface area contributed by atoms with Crippen LogP contribution in [-0.4, -0.2) is 43.0 Å². The Morgan fingerprint density at radius 3 is 2.66 bits per heavy atom. The van der Waals surface area contributed by atoms with E-state index in [0.717, 1.165) is 22.2 Å². The van der Waals surface area contributed by atoms with Crippen molar-refractivity contribution in [3.05, 3.63) is 59.7 Å².